The van der Waals surface area contributed by atoms with Crippen LogP contribution in [0.4, 0.5) is 8.78 Å². The predicted molar refractivity (Wildman–Crippen MR) is 78.3 cm³/mol. The lowest BCUT2D eigenvalue weighted by Crippen LogP contribution is -2.50. The van der Waals surface area contributed by atoms with Crippen molar-refractivity contribution in [1.82, 2.24) is 10.2 Å². The molecule has 0 unspecified atom stereocenters. The number of hydrogen-bond donors (Lipinski definition) is 1. The Morgan fingerprint density at radius 2 is 1.77 bits per heavy atom. The molecular formula is C16H20F2N2O2. The van der Waals surface area contributed by atoms with E-state index in [4.69, 9.17) is 0 Å². The molecule has 0 aromatic heterocycles. The summed E-state index contributed by atoms with van der Waals surface area (Å²) < 4.78 is 26.1. The Morgan fingerprint density at radius 3 is 2.32 bits per heavy atom. The largest absolute Gasteiger partial charge is 0.341 e. The maximum Gasteiger partial charge on any atom is 0.252 e. The number of nitrogens with zero attached hydrogens (tertiary/aromatic N) is 1. The number of benzene rings is 1. The maximum absolute atomic E-state index is 13.2. The van der Waals surface area contributed by atoms with Gasteiger partial charge in [0.15, 0.2) is 11.6 Å². The van der Waals surface area contributed by atoms with Crippen molar-refractivity contribution in [1.29, 1.82) is 0 Å². The molecule has 0 bridgehead atoms. The first-order valence-corrected chi connectivity index (χ1v) is 7.45. The van der Waals surface area contributed by atoms with Gasteiger partial charge in [-0.25, -0.2) is 8.78 Å². The van der Waals surface area contributed by atoms with Crippen LogP contribution in [-0.4, -0.2) is 35.8 Å². The van der Waals surface area contributed by atoms with Crippen LogP contribution < -0.4 is 5.32 Å². The summed E-state index contributed by atoms with van der Waals surface area (Å²) in [6.45, 7) is 5.07. The lowest BCUT2D eigenvalue weighted by atomic mass is 10.0. The fraction of sp³-hybridized carbons (Fsp3) is 0.500. The molecule has 22 heavy (non-hydrogen) atoms. The number of nitrogens with one attached hydrogen (secondary N) is 1. The zero-order chi connectivity index (χ0) is 16.3. The molecule has 1 N–H and O–H groups in total. The van der Waals surface area contributed by atoms with Crippen molar-refractivity contribution in [2.24, 2.45) is 5.92 Å². The van der Waals surface area contributed by atoms with Crippen molar-refractivity contribution < 1.29 is 18.4 Å². The maximum atomic E-state index is 13.2. The Morgan fingerprint density at radius 1 is 1.14 bits per heavy atom. The van der Waals surface area contributed by atoms with Gasteiger partial charge >= 0.3 is 0 Å². The van der Waals surface area contributed by atoms with Crippen LogP contribution in [0.2, 0.25) is 0 Å². The van der Waals surface area contributed by atoms with Crippen molar-refractivity contribution in [3.8, 4) is 0 Å². The van der Waals surface area contributed by atoms with Gasteiger partial charge in [0.05, 0.1) is 0 Å². The van der Waals surface area contributed by atoms with Gasteiger partial charge in [0, 0.05) is 18.7 Å². The summed E-state index contributed by atoms with van der Waals surface area (Å²) in [7, 11) is 0. The molecule has 1 heterocycles. The highest BCUT2D eigenvalue weighted by molar-refractivity contribution is 5.97. The molecule has 6 heteroatoms. The summed E-state index contributed by atoms with van der Waals surface area (Å²) >= 11 is 0. The molecule has 0 aliphatic carbocycles. The number of carbonyl (C=O) groups is 2. The molecule has 2 amide bonds. The average Bonchev–Trinajstić information content (AvgIpc) is 3.00. The molecule has 1 aliphatic rings. The topological polar surface area (TPSA) is 49.4 Å². The fourth-order valence-corrected chi connectivity index (χ4v) is 2.51. The first-order chi connectivity index (χ1) is 10.4. The van der Waals surface area contributed by atoms with Crippen LogP contribution in [0.3, 0.4) is 0 Å². The van der Waals surface area contributed by atoms with Crippen molar-refractivity contribution in [2.45, 2.75) is 32.7 Å². The minimum atomic E-state index is -1.08. The number of hydrogen-bond acceptors (Lipinski definition) is 2. The van der Waals surface area contributed by atoms with Crippen molar-refractivity contribution in [2.75, 3.05) is 13.1 Å². The Bertz CT molecular complexity index is 569. The van der Waals surface area contributed by atoms with Gasteiger partial charge < -0.3 is 10.2 Å². The molecule has 0 spiro atoms. The molecule has 1 aromatic rings. The highest BCUT2D eigenvalue weighted by atomic mass is 19.2. The van der Waals surface area contributed by atoms with Crippen LogP contribution in [0.5, 0.6) is 0 Å². The zero-order valence-corrected chi connectivity index (χ0v) is 12.7. The monoisotopic (exact) mass is 310 g/mol. The van der Waals surface area contributed by atoms with Gasteiger partial charge in [-0.05, 0) is 37.0 Å². The van der Waals surface area contributed by atoms with E-state index in [0.717, 1.165) is 25.0 Å². The third-order valence-corrected chi connectivity index (χ3v) is 3.82. The Kier molecular flexibility index (Phi) is 5.11. The van der Waals surface area contributed by atoms with Gasteiger partial charge in [-0.3, -0.25) is 9.59 Å². The molecule has 1 saturated heterocycles. The molecule has 1 aliphatic heterocycles. The third kappa shape index (κ3) is 3.61. The Labute approximate surface area is 128 Å². The van der Waals surface area contributed by atoms with Gasteiger partial charge in [0.1, 0.15) is 6.04 Å². The second kappa shape index (κ2) is 6.85. The van der Waals surface area contributed by atoms with E-state index in [9.17, 15) is 18.4 Å². The Balaban J connectivity index is 2.11. The molecule has 1 atom stereocenters. The summed E-state index contributed by atoms with van der Waals surface area (Å²) in [5, 5.41) is 2.64. The molecule has 1 fully saturated rings. The second-order valence-electron chi connectivity index (χ2n) is 5.86. The lowest BCUT2D eigenvalue weighted by Gasteiger charge is -2.26. The van der Waals surface area contributed by atoms with E-state index in [2.05, 4.69) is 5.32 Å². The van der Waals surface area contributed by atoms with E-state index < -0.39 is 23.6 Å². The van der Waals surface area contributed by atoms with Crippen LogP contribution in [-0.2, 0) is 4.79 Å². The van der Waals surface area contributed by atoms with Crippen LogP contribution in [0.25, 0.3) is 0 Å². The zero-order valence-electron chi connectivity index (χ0n) is 12.7. The SMILES string of the molecule is CC(C)[C@@H](NC(=O)c1ccc(F)c(F)c1)C(=O)N1CCCC1. The van der Waals surface area contributed by atoms with E-state index >= 15 is 0 Å². The van der Waals surface area contributed by atoms with Crippen molar-refractivity contribution in [3.63, 3.8) is 0 Å². The van der Waals surface area contributed by atoms with Gasteiger partial charge in [-0.2, -0.15) is 0 Å². The van der Waals surface area contributed by atoms with Crippen LogP contribution >= 0.6 is 0 Å². The van der Waals surface area contributed by atoms with E-state index in [1.807, 2.05) is 13.8 Å². The number of rotatable bonds is 4. The summed E-state index contributed by atoms with van der Waals surface area (Å²) in [5.74, 6) is -2.89. The summed E-state index contributed by atoms with van der Waals surface area (Å²) in [6, 6.07) is 2.27. The quantitative estimate of drug-likeness (QED) is 0.928. The number of carbonyl (C=O) groups excluding carboxylic acids is 2. The van der Waals surface area contributed by atoms with E-state index in [1.54, 1.807) is 4.90 Å². The Hall–Kier alpha value is -1.98. The van der Waals surface area contributed by atoms with E-state index in [-0.39, 0.29) is 17.4 Å². The summed E-state index contributed by atoms with van der Waals surface area (Å²) in [5.41, 5.74) is -0.00114. The van der Waals surface area contributed by atoms with Gasteiger partial charge in [0.2, 0.25) is 5.91 Å². The first-order valence-electron chi connectivity index (χ1n) is 7.45. The molecule has 120 valence electrons. The summed E-state index contributed by atoms with van der Waals surface area (Å²) in [6.07, 6.45) is 1.93. The lowest BCUT2D eigenvalue weighted by molar-refractivity contribution is -0.133. The molecule has 4 nitrogen and oxygen atoms in total. The average molecular weight is 310 g/mol. The smallest absolute Gasteiger partial charge is 0.252 e. The van der Waals surface area contributed by atoms with Crippen molar-refractivity contribution >= 4 is 11.8 Å². The number of halogens is 2. The summed E-state index contributed by atoms with van der Waals surface area (Å²) in [4.78, 5) is 26.4. The normalized spacial score (nSPS) is 16.0. The highest BCUT2D eigenvalue weighted by Gasteiger charge is 2.30. The van der Waals surface area contributed by atoms with E-state index in [0.29, 0.717) is 13.1 Å². The fourth-order valence-electron chi connectivity index (χ4n) is 2.51. The first kappa shape index (κ1) is 16.4. The highest BCUT2D eigenvalue weighted by Crippen LogP contribution is 2.14. The molecule has 1 aromatic carbocycles. The van der Waals surface area contributed by atoms with E-state index in [1.165, 1.54) is 6.07 Å². The van der Waals surface area contributed by atoms with Crippen LogP contribution in [0.1, 0.15) is 37.0 Å². The van der Waals surface area contributed by atoms with Crippen molar-refractivity contribution in [3.05, 3.63) is 35.4 Å². The second-order valence-corrected chi connectivity index (χ2v) is 5.86. The number of amides is 2. The minimum absolute atomic E-state index is 0.00114. The molecule has 0 radical (unpaired) electrons. The van der Waals surface area contributed by atoms with Gasteiger partial charge in [-0.15, -0.1) is 0 Å². The van der Waals surface area contributed by atoms with Crippen LogP contribution in [0, 0.1) is 17.6 Å². The van der Waals surface area contributed by atoms with Gasteiger partial charge in [0.25, 0.3) is 5.91 Å². The predicted octanol–water partition coefficient (Wildman–Crippen LogP) is 2.34. The van der Waals surface area contributed by atoms with Gasteiger partial charge in [-0.1, -0.05) is 13.8 Å². The molecule has 2 rings (SSSR count). The molecular weight excluding hydrogens is 290 g/mol. The minimum Gasteiger partial charge on any atom is -0.341 e. The molecule has 0 saturated carbocycles. The van der Waals surface area contributed by atoms with Crippen LogP contribution in [0.15, 0.2) is 18.2 Å². The standard InChI is InChI=1S/C16H20F2N2O2/c1-10(2)14(16(22)20-7-3-4-8-20)19-15(21)11-5-6-12(17)13(18)9-11/h5-6,9-10,14H,3-4,7-8H2,1-2H3,(H,19,21)/t14-/m1/s1. The number of likely N-dealkylation sites (tertiary alicyclic amines) is 1. The third-order valence-electron chi connectivity index (χ3n) is 3.82.